The predicted molar refractivity (Wildman–Crippen MR) is 96.4 cm³/mol. The summed E-state index contributed by atoms with van der Waals surface area (Å²) >= 11 is 0. The van der Waals surface area contributed by atoms with Gasteiger partial charge in [0.05, 0.1) is 11.6 Å². The minimum absolute atomic E-state index is 0.293. The van der Waals surface area contributed by atoms with Crippen molar-refractivity contribution in [1.82, 2.24) is 9.97 Å². The maximum Gasteiger partial charge on any atom is 0.255 e. The zero-order valence-electron chi connectivity index (χ0n) is 13.5. The molecule has 0 saturated heterocycles. The van der Waals surface area contributed by atoms with Crippen LogP contribution in [0.1, 0.15) is 15.9 Å². The van der Waals surface area contributed by atoms with E-state index in [2.05, 4.69) is 15.3 Å². The van der Waals surface area contributed by atoms with E-state index >= 15 is 0 Å². The van der Waals surface area contributed by atoms with Gasteiger partial charge in [-0.2, -0.15) is 10.2 Å². The Bertz CT molecular complexity index is 1120. The van der Waals surface area contributed by atoms with E-state index in [-0.39, 0.29) is 5.91 Å². The zero-order valence-corrected chi connectivity index (χ0v) is 13.5. The van der Waals surface area contributed by atoms with Crippen LogP contribution < -0.4 is 5.32 Å². The van der Waals surface area contributed by atoms with Gasteiger partial charge in [0.15, 0.2) is 11.2 Å². The number of nitrogens with zero attached hydrogens (tertiary/aromatic N) is 3. The molecular weight excluding hydrogens is 328 g/mol. The first-order valence-electron chi connectivity index (χ1n) is 7.86. The number of pyridine rings is 1. The first-order chi connectivity index (χ1) is 12.7. The monoisotopic (exact) mass is 340 g/mol. The molecule has 2 aromatic heterocycles. The minimum Gasteiger partial charge on any atom is -0.434 e. The Kier molecular flexibility index (Phi) is 3.88. The van der Waals surface area contributed by atoms with Crippen LogP contribution in [0.2, 0.25) is 0 Å². The molecule has 0 bridgehead atoms. The van der Waals surface area contributed by atoms with Crippen molar-refractivity contribution in [2.45, 2.75) is 0 Å². The Balaban J connectivity index is 1.61. The van der Waals surface area contributed by atoms with Crippen molar-refractivity contribution >= 4 is 22.8 Å². The van der Waals surface area contributed by atoms with Crippen molar-refractivity contribution in [2.24, 2.45) is 0 Å². The van der Waals surface area contributed by atoms with Crippen molar-refractivity contribution in [1.29, 1.82) is 5.26 Å². The summed E-state index contributed by atoms with van der Waals surface area (Å²) in [5, 5.41) is 11.8. The number of amides is 1. The number of anilines is 1. The van der Waals surface area contributed by atoms with E-state index in [0.717, 1.165) is 5.56 Å². The summed E-state index contributed by atoms with van der Waals surface area (Å²) in [5.41, 5.74) is 3.32. The lowest BCUT2D eigenvalue weighted by Gasteiger charge is -2.06. The van der Waals surface area contributed by atoms with Gasteiger partial charge < -0.3 is 9.73 Å². The van der Waals surface area contributed by atoms with Crippen LogP contribution in [0.3, 0.4) is 0 Å². The van der Waals surface area contributed by atoms with Gasteiger partial charge in [0.2, 0.25) is 5.89 Å². The third-order valence-electron chi connectivity index (χ3n) is 3.79. The molecule has 4 aromatic rings. The van der Waals surface area contributed by atoms with Crippen LogP contribution in [-0.2, 0) is 0 Å². The number of carbonyl (C=O) groups is 1. The molecule has 6 heteroatoms. The van der Waals surface area contributed by atoms with Gasteiger partial charge in [0.1, 0.15) is 0 Å². The summed E-state index contributed by atoms with van der Waals surface area (Å²) in [6.45, 7) is 0. The molecule has 1 amide bonds. The van der Waals surface area contributed by atoms with Crippen molar-refractivity contribution < 1.29 is 9.21 Å². The lowest BCUT2D eigenvalue weighted by molar-refractivity contribution is 0.102. The smallest absolute Gasteiger partial charge is 0.255 e. The van der Waals surface area contributed by atoms with E-state index in [0.29, 0.717) is 33.9 Å². The molecule has 2 aromatic carbocycles. The molecule has 1 N–H and O–H groups in total. The van der Waals surface area contributed by atoms with Gasteiger partial charge >= 0.3 is 0 Å². The molecule has 6 nitrogen and oxygen atoms in total. The molecule has 0 radical (unpaired) electrons. The highest BCUT2D eigenvalue weighted by Gasteiger charge is 2.11. The Morgan fingerprint density at radius 3 is 2.81 bits per heavy atom. The van der Waals surface area contributed by atoms with Gasteiger partial charge in [-0.3, -0.25) is 4.79 Å². The SMILES string of the molecule is N#Cc1cccc(C(=O)Nc2cccc(-c3nc4ncccc4o3)c2)c1. The van der Waals surface area contributed by atoms with Crippen LogP contribution in [0, 0.1) is 11.3 Å². The number of hydrogen-bond acceptors (Lipinski definition) is 5. The first-order valence-corrected chi connectivity index (χ1v) is 7.86. The largest absolute Gasteiger partial charge is 0.434 e. The van der Waals surface area contributed by atoms with Crippen LogP contribution in [0.25, 0.3) is 22.7 Å². The van der Waals surface area contributed by atoms with Gasteiger partial charge in [0, 0.05) is 23.0 Å². The molecule has 26 heavy (non-hydrogen) atoms. The fourth-order valence-electron chi connectivity index (χ4n) is 2.56. The van der Waals surface area contributed by atoms with Gasteiger partial charge in [0.25, 0.3) is 5.91 Å². The quantitative estimate of drug-likeness (QED) is 0.608. The average Bonchev–Trinajstić information content (AvgIpc) is 3.12. The molecule has 0 atom stereocenters. The maximum atomic E-state index is 12.4. The highest BCUT2D eigenvalue weighted by molar-refractivity contribution is 6.04. The van der Waals surface area contributed by atoms with Gasteiger partial charge in [-0.25, -0.2) is 4.98 Å². The highest BCUT2D eigenvalue weighted by Crippen LogP contribution is 2.25. The summed E-state index contributed by atoms with van der Waals surface area (Å²) in [7, 11) is 0. The van der Waals surface area contributed by atoms with E-state index in [4.69, 9.17) is 9.68 Å². The molecular formula is C20H12N4O2. The molecule has 0 saturated carbocycles. The number of oxazole rings is 1. The van der Waals surface area contributed by atoms with Crippen LogP contribution in [0.5, 0.6) is 0 Å². The summed E-state index contributed by atoms with van der Waals surface area (Å²) in [6.07, 6.45) is 1.65. The van der Waals surface area contributed by atoms with E-state index in [1.165, 1.54) is 0 Å². The number of hydrogen-bond donors (Lipinski definition) is 1. The fourth-order valence-corrected chi connectivity index (χ4v) is 2.56. The van der Waals surface area contributed by atoms with Crippen LogP contribution >= 0.6 is 0 Å². The molecule has 0 fully saturated rings. The Hall–Kier alpha value is -3.98. The fraction of sp³-hybridized carbons (Fsp3) is 0. The molecule has 124 valence electrons. The summed E-state index contributed by atoms with van der Waals surface area (Å²) in [5.74, 6) is 0.139. The normalized spacial score (nSPS) is 10.4. The van der Waals surface area contributed by atoms with Gasteiger partial charge in [-0.15, -0.1) is 0 Å². The lowest BCUT2D eigenvalue weighted by atomic mass is 10.1. The van der Waals surface area contributed by atoms with Crippen molar-refractivity contribution in [2.75, 3.05) is 5.32 Å². The van der Waals surface area contributed by atoms with Crippen molar-refractivity contribution in [3.05, 3.63) is 78.0 Å². The van der Waals surface area contributed by atoms with Crippen LogP contribution in [-0.4, -0.2) is 15.9 Å². The average molecular weight is 340 g/mol. The molecule has 0 aliphatic rings. The molecule has 4 rings (SSSR count). The first kappa shape index (κ1) is 15.5. The van der Waals surface area contributed by atoms with E-state index in [9.17, 15) is 4.79 Å². The van der Waals surface area contributed by atoms with Crippen molar-refractivity contribution in [3.8, 4) is 17.5 Å². The van der Waals surface area contributed by atoms with E-state index < -0.39 is 0 Å². The molecule has 0 aliphatic carbocycles. The second kappa shape index (κ2) is 6.49. The highest BCUT2D eigenvalue weighted by atomic mass is 16.3. The summed E-state index contributed by atoms with van der Waals surface area (Å²) < 4.78 is 5.71. The summed E-state index contributed by atoms with van der Waals surface area (Å²) in [6, 6.07) is 19.3. The summed E-state index contributed by atoms with van der Waals surface area (Å²) in [4.78, 5) is 20.9. The van der Waals surface area contributed by atoms with Crippen LogP contribution in [0.4, 0.5) is 5.69 Å². The standard InChI is InChI=1S/C20H12N4O2/c21-12-13-4-1-5-14(10-13)19(25)23-16-7-2-6-15(11-16)20-24-18-17(26-20)8-3-9-22-18/h1-11H,(H,23,25). The second-order valence-corrected chi connectivity index (χ2v) is 5.57. The molecule has 2 heterocycles. The number of benzene rings is 2. The zero-order chi connectivity index (χ0) is 17.9. The van der Waals surface area contributed by atoms with E-state index in [1.807, 2.05) is 12.1 Å². The van der Waals surface area contributed by atoms with Crippen LogP contribution in [0.15, 0.2) is 71.3 Å². The maximum absolute atomic E-state index is 12.4. The number of nitriles is 1. The topological polar surface area (TPSA) is 91.8 Å². The Morgan fingerprint density at radius 2 is 1.96 bits per heavy atom. The number of carbonyl (C=O) groups excluding carboxylic acids is 1. The number of aromatic nitrogens is 2. The lowest BCUT2D eigenvalue weighted by Crippen LogP contribution is -2.11. The number of nitrogens with one attached hydrogen (secondary N) is 1. The van der Waals surface area contributed by atoms with Gasteiger partial charge in [-0.1, -0.05) is 12.1 Å². The van der Waals surface area contributed by atoms with Crippen molar-refractivity contribution in [3.63, 3.8) is 0 Å². The number of fused-ring (bicyclic) bond motifs is 1. The number of rotatable bonds is 3. The Labute approximate surface area is 148 Å². The molecule has 0 aliphatic heterocycles. The van der Waals surface area contributed by atoms with Gasteiger partial charge in [-0.05, 0) is 48.5 Å². The predicted octanol–water partition coefficient (Wildman–Crippen LogP) is 4.01. The minimum atomic E-state index is -0.293. The van der Waals surface area contributed by atoms with E-state index in [1.54, 1.807) is 60.8 Å². The third-order valence-corrected chi connectivity index (χ3v) is 3.79. The Morgan fingerprint density at radius 1 is 1.08 bits per heavy atom. The third kappa shape index (κ3) is 3.01. The second-order valence-electron chi connectivity index (χ2n) is 5.57. The molecule has 0 spiro atoms. The molecule has 0 unspecified atom stereocenters.